The van der Waals surface area contributed by atoms with Gasteiger partial charge in [-0.25, -0.2) is 9.97 Å². The van der Waals surface area contributed by atoms with E-state index in [1.165, 1.54) is 12.1 Å². The molecule has 0 saturated carbocycles. The summed E-state index contributed by atoms with van der Waals surface area (Å²) in [5.74, 6) is 1.79. The standard InChI is InChI=1S/C20H21F3N6O/c1-14-25-9-10-29(14)18-8-7-15(11-26-18)12-27-19(24-2)28-13-16-5-3-4-6-17(16)30-20(21,22)23/h3-11H,12-13H2,1-2H3,(H2,24,27,28). The lowest BCUT2D eigenvalue weighted by atomic mass is 10.2. The molecule has 0 saturated heterocycles. The van der Waals surface area contributed by atoms with Crippen LogP contribution in [0.4, 0.5) is 13.2 Å². The van der Waals surface area contributed by atoms with Crippen molar-refractivity contribution in [1.82, 2.24) is 25.2 Å². The fourth-order valence-corrected chi connectivity index (χ4v) is 2.74. The topological polar surface area (TPSA) is 76.4 Å². The zero-order valence-corrected chi connectivity index (χ0v) is 16.4. The van der Waals surface area contributed by atoms with Gasteiger partial charge in [0.25, 0.3) is 0 Å². The van der Waals surface area contributed by atoms with Crippen molar-refractivity contribution in [2.75, 3.05) is 7.05 Å². The van der Waals surface area contributed by atoms with Crippen LogP contribution < -0.4 is 15.4 Å². The Morgan fingerprint density at radius 3 is 2.50 bits per heavy atom. The van der Waals surface area contributed by atoms with Gasteiger partial charge in [0.15, 0.2) is 5.96 Å². The summed E-state index contributed by atoms with van der Waals surface area (Å²) < 4.78 is 43.6. The number of imidazole rings is 1. The number of nitrogens with one attached hydrogen (secondary N) is 2. The minimum atomic E-state index is -4.75. The van der Waals surface area contributed by atoms with E-state index in [9.17, 15) is 13.2 Å². The molecule has 2 N–H and O–H groups in total. The van der Waals surface area contributed by atoms with Crippen LogP contribution in [0, 0.1) is 6.92 Å². The van der Waals surface area contributed by atoms with E-state index in [1.54, 1.807) is 31.6 Å². The highest BCUT2D eigenvalue weighted by molar-refractivity contribution is 5.79. The molecule has 0 aliphatic rings. The Morgan fingerprint density at radius 1 is 1.10 bits per heavy atom. The number of guanidine groups is 1. The highest BCUT2D eigenvalue weighted by Gasteiger charge is 2.31. The molecule has 0 unspecified atom stereocenters. The number of rotatable bonds is 6. The molecule has 2 aromatic heterocycles. The summed E-state index contributed by atoms with van der Waals surface area (Å²) >= 11 is 0. The number of aromatic nitrogens is 3. The van der Waals surface area contributed by atoms with Crippen molar-refractivity contribution in [3.63, 3.8) is 0 Å². The molecule has 3 aromatic rings. The summed E-state index contributed by atoms with van der Waals surface area (Å²) in [6.45, 7) is 2.45. The molecule has 0 spiro atoms. The Kier molecular flexibility index (Phi) is 6.55. The Hall–Kier alpha value is -3.56. The summed E-state index contributed by atoms with van der Waals surface area (Å²) in [5.41, 5.74) is 1.28. The molecule has 2 heterocycles. The van der Waals surface area contributed by atoms with E-state index in [0.717, 1.165) is 17.2 Å². The molecule has 10 heteroatoms. The van der Waals surface area contributed by atoms with Crippen LogP contribution in [-0.4, -0.2) is 33.9 Å². The monoisotopic (exact) mass is 418 g/mol. The van der Waals surface area contributed by atoms with Gasteiger partial charge in [-0.1, -0.05) is 24.3 Å². The van der Waals surface area contributed by atoms with Gasteiger partial charge in [0.05, 0.1) is 0 Å². The number of pyridine rings is 1. The number of hydrogen-bond donors (Lipinski definition) is 2. The van der Waals surface area contributed by atoms with Crippen LogP contribution in [0.3, 0.4) is 0 Å². The lowest BCUT2D eigenvalue weighted by molar-refractivity contribution is -0.274. The van der Waals surface area contributed by atoms with Crippen LogP contribution in [0.2, 0.25) is 0 Å². The zero-order chi connectivity index (χ0) is 21.6. The molecule has 0 aliphatic carbocycles. The quantitative estimate of drug-likeness (QED) is 0.474. The van der Waals surface area contributed by atoms with Crippen molar-refractivity contribution in [1.29, 1.82) is 0 Å². The van der Waals surface area contributed by atoms with Crippen molar-refractivity contribution >= 4 is 5.96 Å². The smallest absolute Gasteiger partial charge is 0.405 e. The van der Waals surface area contributed by atoms with E-state index in [2.05, 4.69) is 30.3 Å². The van der Waals surface area contributed by atoms with Crippen molar-refractivity contribution < 1.29 is 17.9 Å². The van der Waals surface area contributed by atoms with Crippen molar-refractivity contribution in [3.05, 3.63) is 71.9 Å². The van der Waals surface area contributed by atoms with Gasteiger partial charge in [0.2, 0.25) is 0 Å². The van der Waals surface area contributed by atoms with E-state index < -0.39 is 6.36 Å². The minimum Gasteiger partial charge on any atom is -0.405 e. The van der Waals surface area contributed by atoms with Crippen LogP contribution in [0.25, 0.3) is 5.82 Å². The molecule has 3 rings (SSSR count). The molecule has 0 amide bonds. The first-order valence-corrected chi connectivity index (χ1v) is 9.09. The number of alkyl halides is 3. The number of aliphatic imine (C=N–C) groups is 1. The molecular formula is C20H21F3N6O. The van der Waals surface area contributed by atoms with Crippen LogP contribution in [-0.2, 0) is 13.1 Å². The average Bonchev–Trinajstić information content (AvgIpc) is 3.14. The Balaban J connectivity index is 1.56. The predicted molar refractivity (Wildman–Crippen MR) is 106 cm³/mol. The first-order valence-electron chi connectivity index (χ1n) is 9.09. The van der Waals surface area contributed by atoms with Crippen LogP contribution in [0.15, 0.2) is 60.0 Å². The van der Waals surface area contributed by atoms with Crippen molar-refractivity contribution in [3.8, 4) is 11.6 Å². The van der Waals surface area contributed by atoms with Crippen LogP contribution >= 0.6 is 0 Å². The molecule has 158 valence electrons. The van der Waals surface area contributed by atoms with Crippen molar-refractivity contribution in [2.24, 2.45) is 4.99 Å². The fourth-order valence-electron chi connectivity index (χ4n) is 2.74. The predicted octanol–water partition coefficient (Wildman–Crippen LogP) is 3.34. The number of nitrogens with zero attached hydrogens (tertiary/aromatic N) is 4. The molecule has 0 atom stereocenters. The average molecular weight is 418 g/mol. The third-order valence-corrected chi connectivity index (χ3v) is 4.21. The van der Waals surface area contributed by atoms with Gasteiger partial charge in [0, 0.05) is 44.3 Å². The maximum Gasteiger partial charge on any atom is 0.573 e. The van der Waals surface area contributed by atoms with Crippen LogP contribution in [0.5, 0.6) is 5.75 Å². The number of benzene rings is 1. The van der Waals surface area contributed by atoms with E-state index in [0.29, 0.717) is 18.1 Å². The van der Waals surface area contributed by atoms with E-state index in [1.807, 2.05) is 29.8 Å². The van der Waals surface area contributed by atoms with Gasteiger partial charge in [-0.05, 0) is 24.6 Å². The molecule has 0 bridgehead atoms. The molecule has 0 aliphatic heterocycles. The van der Waals surface area contributed by atoms with E-state index in [-0.39, 0.29) is 12.3 Å². The normalized spacial score (nSPS) is 12.0. The third kappa shape index (κ3) is 5.72. The number of ether oxygens (including phenoxy) is 1. The zero-order valence-electron chi connectivity index (χ0n) is 16.4. The molecular weight excluding hydrogens is 397 g/mol. The highest BCUT2D eigenvalue weighted by atomic mass is 19.4. The number of halogens is 3. The van der Waals surface area contributed by atoms with E-state index >= 15 is 0 Å². The van der Waals surface area contributed by atoms with Crippen LogP contribution in [0.1, 0.15) is 17.0 Å². The molecule has 7 nitrogen and oxygen atoms in total. The SMILES string of the molecule is CN=C(NCc1ccc(-n2ccnc2C)nc1)NCc1ccccc1OC(F)(F)F. The van der Waals surface area contributed by atoms with Gasteiger partial charge in [-0.2, -0.15) is 0 Å². The number of aryl methyl sites for hydroxylation is 1. The Morgan fingerprint density at radius 2 is 1.87 bits per heavy atom. The number of hydrogen-bond acceptors (Lipinski definition) is 4. The summed E-state index contributed by atoms with van der Waals surface area (Å²) in [4.78, 5) is 12.7. The maximum absolute atomic E-state index is 12.5. The molecule has 1 aromatic carbocycles. The summed E-state index contributed by atoms with van der Waals surface area (Å²) in [6, 6.07) is 9.77. The van der Waals surface area contributed by atoms with Crippen molar-refractivity contribution in [2.45, 2.75) is 26.4 Å². The Labute approximate surface area is 171 Å². The summed E-state index contributed by atoms with van der Waals surface area (Å²) in [5, 5.41) is 6.09. The lowest BCUT2D eigenvalue weighted by Crippen LogP contribution is -2.36. The van der Waals surface area contributed by atoms with Gasteiger partial charge < -0.3 is 15.4 Å². The molecule has 0 radical (unpaired) electrons. The van der Waals surface area contributed by atoms with Gasteiger partial charge in [0.1, 0.15) is 17.4 Å². The second-order valence-corrected chi connectivity index (χ2v) is 6.30. The largest absolute Gasteiger partial charge is 0.573 e. The molecule has 30 heavy (non-hydrogen) atoms. The second-order valence-electron chi connectivity index (χ2n) is 6.30. The summed E-state index contributed by atoms with van der Waals surface area (Å²) in [6.07, 6.45) is 0.535. The van der Waals surface area contributed by atoms with E-state index in [4.69, 9.17) is 0 Å². The lowest BCUT2D eigenvalue weighted by Gasteiger charge is -2.15. The van der Waals surface area contributed by atoms with Gasteiger partial charge in [-0.15, -0.1) is 13.2 Å². The van der Waals surface area contributed by atoms with Gasteiger partial charge >= 0.3 is 6.36 Å². The number of para-hydroxylation sites is 1. The third-order valence-electron chi connectivity index (χ3n) is 4.21. The summed E-state index contributed by atoms with van der Waals surface area (Å²) in [7, 11) is 1.58. The fraction of sp³-hybridized carbons (Fsp3) is 0.250. The Bertz CT molecular complexity index is 998. The van der Waals surface area contributed by atoms with Gasteiger partial charge in [-0.3, -0.25) is 9.56 Å². The first kappa shape index (κ1) is 21.2. The highest BCUT2D eigenvalue weighted by Crippen LogP contribution is 2.26. The minimum absolute atomic E-state index is 0.114. The second kappa shape index (κ2) is 9.29. The molecule has 0 fully saturated rings. The first-order chi connectivity index (χ1) is 14.4. The maximum atomic E-state index is 12.5.